The lowest BCUT2D eigenvalue weighted by Gasteiger charge is -2.34. The molecular formula is C28H44N2O7S. The molecule has 0 aromatic carbocycles. The van der Waals surface area contributed by atoms with Crippen LogP contribution < -0.4 is 5.73 Å². The molecule has 10 heteroatoms. The Kier molecular flexibility index (Phi) is 10.6. The van der Waals surface area contributed by atoms with Crippen LogP contribution in [0.5, 0.6) is 0 Å². The lowest BCUT2D eigenvalue weighted by Crippen LogP contribution is -2.46. The van der Waals surface area contributed by atoms with E-state index in [9.17, 15) is 24.6 Å². The Morgan fingerprint density at radius 1 is 1.21 bits per heavy atom. The van der Waals surface area contributed by atoms with Crippen LogP contribution in [-0.2, 0) is 19.1 Å². The minimum absolute atomic E-state index is 0.0990. The number of hydrogen-bond donors (Lipinski definition) is 4. The minimum atomic E-state index is -1.41. The highest BCUT2D eigenvalue weighted by molar-refractivity contribution is 7.09. The number of aromatic nitrogens is 1. The molecule has 0 bridgehead atoms. The molecule has 2 heterocycles. The summed E-state index contributed by atoms with van der Waals surface area (Å²) in [4.78, 5) is 41.5. The predicted octanol–water partition coefficient (Wildman–Crippen LogP) is 3.39. The number of rotatable bonds is 15. The van der Waals surface area contributed by atoms with E-state index >= 15 is 0 Å². The molecule has 0 radical (unpaired) electrons. The second-order valence-corrected chi connectivity index (χ2v) is 12.7. The quantitative estimate of drug-likeness (QED) is 0.239. The summed E-state index contributed by atoms with van der Waals surface area (Å²) >= 11 is 1.58. The summed E-state index contributed by atoms with van der Waals surface area (Å²) in [5, 5.41) is 33.0. The molecule has 1 aromatic rings. The zero-order valence-electron chi connectivity index (χ0n) is 23.7. The predicted molar refractivity (Wildman–Crippen MR) is 147 cm³/mol. The monoisotopic (exact) mass is 552 g/mol. The highest BCUT2D eigenvalue weighted by Crippen LogP contribution is 2.47. The van der Waals surface area contributed by atoms with Crippen LogP contribution in [0.1, 0.15) is 78.4 Å². The van der Waals surface area contributed by atoms with Crippen LogP contribution in [0.4, 0.5) is 0 Å². The average molecular weight is 553 g/mol. The number of ether oxygens (including phenoxy) is 1. The molecule has 1 aromatic heterocycles. The largest absolute Gasteiger partial charge is 0.481 e. The van der Waals surface area contributed by atoms with Gasteiger partial charge in [-0.3, -0.25) is 14.4 Å². The van der Waals surface area contributed by atoms with Gasteiger partial charge >= 0.3 is 5.97 Å². The summed E-state index contributed by atoms with van der Waals surface area (Å²) < 4.78 is 6.01. The maximum Gasteiger partial charge on any atom is 0.306 e. The van der Waals surface area contributed by atoms with Gasteiger partial charge in [-0.15, -0.1) is 11.3 Å². The number of carboxylic acid groups (broad SMARTS) is 1. The third kappa shape index (κ3) is 7.57. The van der Waals surface area contributed by atoms with Crippen LogP contribution in [0, 0.1) is 30.1 Å². The lowest BCUT2D eigenvalue weighted by molar-refractivity contribution is -0.147. The molecule has 38 heavy (non-hydrogen) atoms. The van der Waals surface area contributed by atoms with E-state index < -0.39 is 53.2 Å². The molecule has 1 aliphatic heterocycles. The maximum absolute atomic E-state index is 13.1. The summed E-state index contributed by atoms with van der Waals surface area (Å²) in [7, 11) is 0. The van der Waals surface area contributed by atoms with Gasteiger partial charge in [0.1, 0.15) is 11.6 Å². The number of aliphatic hydroxyl groups is 2. The number of epoxide rings is 1. The lowest BCUT2D eigenvalue weighted by atomic mass is 9.72. The van der Waals surface area contributed by atoms with Crippen molar-refractivity contribution in [2.75, 3.05) is 0 Å². The number of aliphatic hydroxyl groups excluding tert-OH is 2. The van der Waals surface area contributed by atoms with E-state index in [1.165, 1.54) is 20.8 Å². The van der Waals surface area contributed by atoms with Crippen molar-refractivity contribution in [3.05, 3.63) is 21.7 Å². The van der Waals surface area contributed by atoms with Crippen molar-refractivity contribution < 1.29 is 34.4 Å². The molecule has 1 unspecified atom stereocenters. The number of Topliss-reactive ketones (excluding diaryl/α,β-unsaturated/α-hetero) is 2. The number of carboxylic acids is 1. The smallest absolute Gasteiger partial charge is 0.306 e. The molecule has 0 aliphatic carbocycles. The van der Waals surface area contributed by atoms with Crippen LogP contribution in [0.3, 0.4) is 0 Å². The fourth-order valence-corrected chi connectivity index (χ4v) is 5.40. The van der Waals surface area contributed by atoms with Crippen molar-refractivity contribution >= 4 is 34.9 Å². The Morgan fingerprint density at radius 3 is 2.34 bits per heavy atom. The molecule has 214 valence electrons. The zero-order valence-corrected chi connectivity index (χ0v) is 24.5. The fraction of sp³-hybridized carbons (Fsp3) is 0.714. The number of nitrogens with two attached hydrogens (primary N) is 1. The Bertz CT molecular complexity index is 1050. The molecule has 1 aliphatic rings. The Hall–Kier alpha value is -1.98. The van der Waals surface area contributed by atoms with Gasteiger partial charge in [0.25, 0.3) is 0 Å². The molecule has 2 rings (SSSR count). The Morgan fingerprint density at radius 2 is 1.82 bits per heavy atom. The third-order valence-corrected chi connectivity index (χ3v) is 9.10. The van der Waals surface area contributed by atoms with E-state index in [1.54, 1.807) is 18.3 Å². The van der Waals surface area contributed by atoms with Gasteiger partial charge in [0.05, 0.1) is 46.5 Å². The molecule has 9 nitrogen and oxygen atoms in total. The number of carbonyl (C=O) groups is 3. The van der Waals surface area contributed by atoms with E-state index in [-0.39, 0.29) is 30.3 Å². The van der Waals surface area contributed by atoms with Gasteiger partial charge in [0.2, 0.25) is 0 Å². The van der Waals surface area contributed by atoms with E-state index in [1.807, 2.05) is 39.2 Å². The van der Waals surface area contributed by atoms with Crippen molar-refractivity contribution in [1.82, 2.24) is 4.98 Å². The standard InChI is InChI=1S/C28H44N2O7S/c1-14(9-19-13-38-18(5)30-19)20(29)11-23-28(8,37-23)15(2)10-21(31)16(3)25(35)17(4)26(36)27(6,7)22(32)12-24(33)34/h9,13,15-17,20,22-23,25,32,35H,10-12,29H2,1-8H3,(H,33,34)/t15?,16-,17+,20-,22-,23-,25-,28+/m0/s1. The normalized spacial score (nSPS) is 24.7. The highest BCUT2D eigenvalue weighted by Gasteiger charge is 2.56. The fourth-order valence-electron chi connectivity index (χ4n) is 4.83. The molecule has 0 spiro atoms. The summed E-state index contributed by atoms with van der Waals surface area (Å²) in [5.41, 5.74) is 6.40. The van der Waals surface area contributed by atoms with Crippen molar-refractivity contribution in [1.29, 1.82) is 0 Å². The Balaban J connectivity index is 1.94. The highest BCUT2D eigenvalue weighted by atomic mass is 32.1. The van der Waals surface area contributed by atoms with Gasteiger partial charge in [0, 0.05) is 29.7 Å². The first kappa shape index (κ1) is 32.2. The molecule has 1 fully saturated rings. The summed E-state index contributed by atoms with van der Waals surface area (Å²) in [6.45, 7) is 13.8. The maximum atomic E-state index is 13.1. The summed E-state index contributed by atoms with van der Waals surface area (Å²) in [5.74, 6) is -3.82. The van der Waals surface area contributed by atoms with Crippen LogP contribution in [0.2, 0.25) is 0 Å². The van der Waals surface area contributed by atoms with E-state index in [4.69, 9.17) is 15.6 Å². The van der Waals surface area contributed by atoms with Crippen LogP contribution >= 0.6 is 11.3 Å². The van der Waals surface area contributed by atoms with Crippen molar-refractivity contribution in [2.45, 2.75) is 105 Å². The summed E-state index contributed by atoms with van der Waals surface area (Å²) in [6, 6.07) is -0.209. The number of ketones is 2. The first-order valence-corrected chi connectivity index (χ1v) is 14.0. The number of carbonyl (C=O) groups excluding carboxylic acids is 2. The van der Waals surface area contributed by atoms with Gasteiger partial charge in [0.15, 0.2) is 0 Å². The minimum Gasteiger partial charge on any atom is -0.481 e. The van der Waals surface area contributed by atoms with E-state index in [0.29, 0.717) is 6.42 Å². The van der Waals surface area contributed by atoms with E-state index in [0.717, 1.165) is 16.3 Å². The second-order valence-electron chi connectivity index (χ2n) is 11.7. The third-order valence-electron chi connectivity index (χ3n) is 8.31. The van der Waals surface area contributed by atoms with Crippen molar-refractivity contribution in [2.24, 2.45) is 28.9 Å². The van der Waals surface area contributed by atoms with Gasteiger partial charge in [-0.1, -0.05) is 40.2 Å². The number of aliphatic carboxylic acids is 1. The molecule has 0 saturated carbocycles. The van der Waals surface area contributed by atoms with Gasteiger partial charge in [-0.25, -0.2) is 4.98 Å². The van der Waals surface area contributed by atoms with Gasteiger partial charge in [-0.05, 0) is 39.2 Å². The first-order chi connectivity index (χ1) is 17.4. The van der Waals surface area contributed by atoms with Crippen LogP contribution in [-0.4, -0.2) is 67.8 Å². The van der Waals surface area contributed by atoms with Crippen LogP contribution in [0.25, 0.3) is 6.08 Å². The van der Waals surface area contributed by atoms with Crippen molar-refractivity contribution in [3.8, 4) is 0 Å². The number of thiazole rings is 1. The SMILES string of the molecule is CC(=Cc1csc(C)n1)[C@@H](N)C[C@@H]1O[C@]1(C)C(C)CC(=O)[C@H](C)[C@H](O)[C@@H](C)C(=O)C(C)(C)[C@@H](O)CC(=O)O. The van der Waals surface area contributed by atoms with Crippen molar-refractivity contribution in [3.63, 3.8) is 0 Å². The van der Waals surface area contributed by atoms with E-state index in [2.05, 4.69) is 4.98 Å². The number of hydrogen-bond acceptors (Lipinski definition) is 9. The zero-order chi connectivity index (χ0) is 29.2. The van der Waals surface area contributed by atoms with Gasteiger partial charge < -0.3 is 25.8 Å². The Labute approximate surface area is 229 Å². The first-order valence-electron chi connectivity index (χ1n) is 13.1. The molecule has 0 amide bonds. The second kappa shape index (κ2) is 12.5. The topological polar surface area (TPSA) is 163 Å². The number of aryl methyl sites for hydroxylation is 1. The number of nitrogens with zero attached hydrogens (tertiary/aromatic N) is 1. The molecule has 5 N–H and O–H groups in total. The molecule has 8 atom stereocenters. The van der Waals surface area contributed by atoms with Gasteiger partial charge in [-0.2, -0.15) is 0 Å². The molecule has 1 saturated heterocycles. The molecular weight excluding hydrogens is 508 g/mol. The average Bonchev–Trinajstić information content (AvgIpc) is 3.31. The van der Waals surface area contributed by atoms with Crippen LogP contribution in [0.15, 0.2) is 11.0 Å². The summed E-state index contributed by atoms with van der Waals surface area (Å²) in [6.07, 6.45) is -0.606.